The van der Waals surface area contributed by atoms with E-state index in [0.29, 0.717) is 10.7 Å². The van der Waals surface area contributed by atoms with E-state index in [9.17, 15) is 0 Å². The molecule has 0 radical (unpaired) electrons. The highest BCUT2D eigenvalue weighted by molar-refractivity contribution is 7.22. The van der Waals surface area contributed by atoms with Crippen molar-refractivity contribution >= 4 is 55.6 Å². The van der Waals surface area contributed by atoms with Crippen LogP contribution >= 0.6 is 22.9 Å². The molecule has 2 N–H and O–H groups in total. The molecule has 5 rings (SSSR count). The van der Waals surface area contributed by atoms with E-state index in [4.69, 9.17) is 11.6 Å². The lowest BCUT2D eigenvalue weighted by atomic mass is 10.1. The van der Waals surface area contributed by atoms with Crippen molar-refractivity contribution in [1.29, 1.82) is 0 Å². The van der Waals surface area contributed by atoms with Crippen LogP contribution in [0.2, 0.25) is 5.02 Å². The predicted molar refractivity (Wildman–Crippen MR) is 129 cm³/mol. The molecule has 8 heteroatoms. The molecule has 0 amide bonds. The lowest BCUT2D eigenvalue weighted by molar-refractivity contribution is 0.221. The van der Waals surface area contributed by atoms with E-state index >= 15 is 0 Å². The van der Waals surface area contributed by atoms with E-state index in [0.717, 1.165) is 33.6 Å². The lowest BCUT2D eigenvalue weighted by Gasteiger charge is -2.26. The summed E-state index contributed by atoms with van der Waals surface area (Å²) in [6.07, 6.45) is 5.48. The van der Waals surface area contributed by atoms with Crippen LogP contribution in [0, 0.1) is 0 Å². The molecule has 1 aliphatic rings. The molecular formula is C23H23ClN6S. The van der Waals surface area contributed by atoms with Gasteiger partial charge < -0.3 is 10.6 Å². The summed E-state index contributed by atoms with van der Waals surface area (Å²) in [5, 5.41) is 8.23. The standard InChI is InChI=1S/C23H23ClN6S/c24-17-7-5-9-19(13-17)27-21-20-22(26-15-25-21)29-23(31-20)28-18-8-4-6-16(12-18)14-30-10-2-1-3-11-30/h4-9,12-13,15H,1-3,10-11,14H2,(H2,25,26,27,28,29). The van der Waals surface area contributed by atoms with Crippen LogP contribution in [0.1, 0.15) is 24.8 Å². The van der Waals surface area contributed by atoms with Crippen molar-refractivity contribution in [3.63, 3.8) is 0 Å². The normalized spacial score (nSPS) is 14.6. The first-order chi connectivity index (χ1) is 15.2. The molecule has 31 heavy (non-hydrogen) atoms. The molecule has 0 atom stereocenters. The Morgan fingerprint density at radius 2 is 1.74 bits per heavy atom. The fourth-order valence-electron chi connectivity index (χ4n) is 3.85. The zero-order valence-electron chi connectivity index (χ0n) is 17.0. The van der Waals surface area contributed by atoms with Crippen LogP contribution in [0.15, 0.2) is 54.9 Å². The number of nitrogens with zero attached hydrogens (tertiary/aromatic N) is 4. The second-order valence-electron chi connectivity index (χ2n) is 7.69. The molecular weight excluding hydrogens is 428 g/mol. The Morgan fingerprint density at radius 1 is 0.935 bits per heavy atom. The second kappa shape index (κ2) is 9.18. The number of anilines is 4. The van der Waals surface area contributed by atoms with Gasteiger partial charge in [0.15, 0.2) is 16.6 Å². The summed E-state index contributed by atoms with van der Waals surface area (Å²) >= 11 is 7.63. The maximum atomic E-state index is 6.10. The number of fused-ring (bicyclic) bond motifs is 1. The van der Waals surface area contributed by atoms with Gasteiger partial charge in [-0.1, -0.05) is 47.6 Å². The molecule has 3 heterocycles. The third-order valence-corrected chi connectivity index (χ3v) is 6.51. The molecule has 0 unspecified atom stereocenters. The van der Waals surface area contributed by atoms with Gasteiger partial charge >= 0.3 is 0 Å². The smallest absolute Gasteiger partial charge is 0.189 e. The van der Waals surface area contributed by atoms with Crippen LogP contribution in [0.4, 0.5) is 22.3 Å². The van der Waals surface area contributed by atoms with Crippen LogP contribution in [0.3, 0.4) is 0 Å². The first-order valence-corrected chi connectivity index (χ1v) is 11.6. The monoisotopic (exact) mass is 450 g/mol. The quantitative estimate of drug-likeness (QED) is 0.364. The van der Waals surface area contributed by atoms with Gasteiger partial charge in [-0.25, -0.2) is 9.97 Å². The van der Waals surface area contributed by atoms with Crippen LogP contribution in [0.25, 0.3) is 10.3 Å². The minimum absolute atomic E-state index is 0.663. The minimum atomic E-state index is 0.663. The van der Waals surface area contributed by atoms with Gasteiger partial charge in [-0.15, -0.1) is 0 Å². The SMILES string of the molecule is Clc1cccc(Nc2ncnc3nc(Nc4cccc(CN5CCCCC5)c4)sc23)c1. The zero-order valence-corrected chi connectivity index (χ0v) is 18.6. The molecule has 4 aromatic rings. The predicted octanol–water partition coefficient (Wildman–Crippen LogP) is 6.21. The zero-order chi connectivity index (χ0) is 21.0. The van der Waals surface area contributed by atoms with Crippen molar-refractivity contribution in [2.45, 2.75) is 25.8 Å². The number of halogens is 1. The Kier molecular flexibility index (Phi) is 5.97. The first-order valence-electron chi connectivity index (χ1n) is 10.5. The highest BCUT2D eigenvalue weighted by Gasteiger charge is 2.13. The number of piperidine rings is 1. The van der Waals surface area contributed by atoms with E-state index in [-0.39, 0.29) is 0 Å². The molecule has 1 saturated heterocycles. The van der Waals surface area contributed by atoms with Crippen molar-refractivity contribution in [1.82, 2.24) is 19.9 Å². The van der Waals surface area contributed by atoms with Crippen LogP contribution < -0.4 is 10.6 Å². The number of hydrogen-bond donors (Lipinski definition) is 2. The van der Waals surface area contributed by atoms with E-state index in [1.165, 1.54) is 55.6 Å². The Bertz CT molecular complexity index is 1190. The van der Waals surface area contributed by atoms with Crippen molar-refractivity contribution in [3.8, 4) is 0 Å². The Morgan fingerprint density at radius 3 is 2.58 bits per heavy atom. The summed E-state index contributed by atoms with van der Waals surface area (Å²) in [6, 6.07) is 16.1. The fraction of sp³-hybridized carbons (Fsp3) is 0.261. The molecule has 1 fully saturated rings. The summed E-state index contributed by atoms with van der Waals surface area (Å²) in [5.41, 5.74) is 3.89. The van der Waals surface area contributed by atoms with Crippen LogP contribution in [-0.4, -0.2) is 32.9 Å². The highest BCUT2D eigenvalue weighted by atomic mass is 35.5. The van der Waals surface area contributed by atoms with E-state index in [1.807, 2.05) is 24.3 Å². The number of rotatable bonds is 6. The number of hydrogen-bond acceptors (Lipinski definition) is 7. The number of nitrogens with one attached hydrogen (secondary N) is 2. The second-order valence-corrected chi connectivity index (χ2v) is 9.13. The topological polar surface area (TPSA) is 66.0 Å². The number of likely N-dealkylation sites (tertiary alicyclic amines) is 1. The summed E-state index contributed by atoms with van der Waals surface area (Å²) in [7, 11) is 0. The van der Waals surface area contributed by atoms with Crippen molar-refractivity contribution < 1.29 is 0 Å². The largest absolute Gasteiger partial charge is 0.339 e. The third kappa shape index (κ3) is 4.95. The van der Waals surface area contributed by atoms with Crippen molar-refractivity contribution in [2.24, 2.45) is 0 Å². The Balaban J connectivity index is 1.34. The number of thiazole rings is 1. The molecule has 2 aromatic heterocycles. The van der Waals surface area contributed by atoms with Gasteiger partial charge in [0.05, 0.1) is 0 Å². The number of benzene rings is 2. The summed E-state index contributed by atoms with van der Waals surface area (Å²) in [5.74, 6) is 0.719. The van der Waals surface area contributed by atoms with Crippen LogP contribution in [0.5, 0.6) is 0 Å². The van der Waals surface area contributed by atoms with Crippen molar-refractivity contribution in [2.75, 3.05) is 23.7 Å². The van der Waals surface area contributed by atoms with Gasteiger partial charge in [0.1, 0.15) is 11.0 Å². The third-order valence-electron chi connectivity index (χ3n) is 5.31. The minimum Gasteiger partial charge on any atom is -0.339 e. The first kappa shape index (κ1) is 20.2. The highest BCUT2D eigenvalue weighted by Crippen LogP contribution is 2.33. The molecule has 0 spiro atoms. The fourth-order valence-corrected chi connectivity index (χ4v) is 4.92. The lowest BCUT2D eigenvalue weighted by Crippen LogP contribution is -2.29. The Labute approximate surface area is 190 Å². The Hall–Kier alpha value is -2.74. The summed E-state index contributed by atoms with van der Waals surface area (Å²) in [4.78, 5) is 15.9. The molecule has 158 valence electrons. The molecule has 1 aliphatic heterocycles. The average molecular weight is 451 g/mol. The van der Waals surface area contributed by atoms with Gasteiger partial charge in [-0.3, -0.25) is 4.90 Å². The maximum absolute atomic E-state index is 6.10. The van der Waals surface area contributed by atoms with Gasteiger partial charge in [0, 0.05) is 22.9 Å². The summed E-state index contributed by atoms with van der Waals surface area (Å²) < 4.78 is 0.898. The maximum Gasteiger partial charge on any atom is 0.189 e. The summed E-state index contributed by atoms with van der Waals surface area (Å²) in [6.45, 7) is 3.38. The molecule has 0 aliphatic carbocycles. The number of aromatic nitrogens is 3. The van der Waals surface area contributed by atoms with Gasteiger partial charge in [0.2, 0.25) is 0 Å². The van der Waals surface area contributed by atoms with Gasteiger partial charge in [0.25, 0.3) is 0 Å². The van der Waals surface area contributed by atoms with E-state index < -0.39 is 0 Å². The van der Waals surface area contributed by atoms with E-state index in [1.54, 1.807) is 0 Å². The molecule has 0 saturated carbocycles. The molecule has 6 nitrogen and oxygen atoms in total. The van der Waals surface area contributed by atoms with Gasteiger partial charge in [-0.05, 0) is 61.8 Å². The van der Waals surface area contributed by atoms with Crippen LogP contribution in [-0.2, 0) is 6.54 Å². The average Bonchev–Trinajstić information content (AvgIpc) is 3.18. The van der Waals surface area contributed by atoms with E-state index in [2.05, 4.69) is 54.8 Å². The molecule has 2 aromatic carbocycles. The molecule has 0 bridgehead atoms. The van der Waals surface area contributed by atoms with Gasteiger partial charge in [-0.2, -0.15) is 4.98 Å². The van der Waals surface area contributed by atoms with Crippen molar-refractivity contribution in [3.05, 3.63) is 65.4 Å².